The molecule has 1 aromatic carbocycles. The summed E-state index contributed by atoms with van der Waals surface area (Å²) in [4.78, 5) is 15.7. The van der Waals surface area contributed by atoms with Gasteiger partial charge in [0, 0.05) is 43.6 Å². The van der Waals surface area contributed by atoms with E-state index in [0.29, 0.717) is 37.0 Å². The van der Waals surface area contributed by atoms with E-state index in [0.717, 1.165) is 43.8 Å². The fourth-order valence-corrected chi connectivity index (χ4v) is 8.03. The molecule has 3 saturated heterocycles. The molecule has 172 valence electrons. The molecule has 0 N–H and O–H groups in total. The smallest absolute Gasteiger partial charge is 0.254 e. The Kier molecular flexibility index (Phi) is 7.30. The van der Waals surface area contributed by atoms with E-state index >= 15 is 0 Å². The van der Waals surface area contributed by atoms with Crippen molar-refractivity contribution in [2.45, 2.75) is 56.6 Å². The highest BCUT2D eigenvalue weighted by Gasteiger charge is 2.34. The van der Waals surface area contributed by atoms with Crippen LogP contribution < -0.4 is 0 Å². The van der Waals surface area contributed by atoms with Gasteiger partial charge in [-0.25, -0.2) is 8.42 Å². The van der Waals surface area contributed by atoms with E-state index in [-0.39, 0.29) is 22.9 Å². The molecule has 0 bridgehead atoms. The van der Waals surface area contributed by atoms with Gasteiger partial charge in [0.2, 0.25) is 10.0 Å². The maximum Gasteiger partial charge on any atom is 0.254 e. The van der Waals surface area contributed by atoms with E-state index in [2.05, 4.69) is 13.8 Å². The average Bonchev–Trinajstić information content (AvgIpc) is 3.45. The van der Waals surface area contributed by atoms with Crippen LogP contribution in [0.5, 0.6) is 0 Å². The molecular formula is C23H34N2O4S2. The Morgan fingerprint density at radius 2 is 2.00 bits per heavy atom. The number of carbonyl (C=O) groups excluding carboxylic acids is 1. The van der Waals surface area contributed by atoms with Crippen molar-refractivity contribution in [2.24, 2.45) is 11.8 Å². The summed E-state index contributed by atoms with van der Waals surface area (Å²) in [5.74, 6) is 2.58. The summed E-state index contributed by atoms with van der Waals surface area (Å²) < 4.78 is 34.1. The van der Waals surface area contributed by atoms with Gasteiger partial charge in [0.05, 0.1) is 11.0 Å². The van der Waals surface area contributed by atoms with Gasteiger partial charge in [0.25, 0.3) is 5.91 Å². The lowest BCUT2D eigenvalue weighted by atomic mass is 9.94. The third-order valence-electron chi connectivity index (χ3n) is 6.59. The number of nitrogens with zero attached hydrogens (tertiary/aromatic N) is 2. The number of piperidine rings is 1. The molecule has 31 heavy (non-hydrogen) atoms. The highest BCUT2D eigenvalue weighted by atomic mass is 32.2. The lowest BCUT2D eigenvalue weighted by Gasteiger charge is -2.34. The van der Waals surface area contributed by atoms with Crippen molar-refractivity contribution in [1.29, 1.82) is 0 Å². The van der Waals surface area contributed by atoms with E-state index in [1.807, 2.05) is 16.7 Å². The van der Waals surface area contributed by atoms with Crippen LogP contribution in [-0.2, 0) is 14.8 Å². The van der Waals surface area contributed by atoms with Gasteiger partial charge in [0.15, 0.2) is 0 Å². The summed E-state index contributed by atoms with van der Waals surface area (Å²) in [7, 11) is -3.62. The van der Waals surface area contributed by atoms with E-state index < -0.39 is 10.0 Å². The standard InChI is InChI=1S/C23H34N2O4S2/c1-17-11-18(2)14-24(13-17)31(27,28)22-7-3-5-19(12-22)23(26)25(20-8-10-30-16-20)15-21-6-4-9-29-21/h3,5,7,12,17-18,20-21H,4,6,8-11,13-16H2,1-2H3. The predicted octanol–water partition coefficient (Wildman–Crippen LogP) is 3.48. The normalized spacial score (nSPS) is 29.9. The van der Waals surface area contributed by atoms with Crippen molar-refractivity contribution in [3.05, 3.63) is 29.8 Å². The number of hydrogen-bond acceptors (Lipinski definition) is 5. The van der Waals surface area contributed by atoms with Crippen molar-refractivity contribution in [2.75, 3.05) is 37.7 Å². The minimum absolute atomic E-state index is 0.0813. The Hall–Kier alpha value is -1.09. The Morgan fingerprint density at radius 3 is 2.65 bits per heavy atom. The number of hydrogen-bond donors (Lipinski definition) is 0. The average molecular weight is 467 g/mol. The quantitative estimate of drug-likeness (QED) is 0.642. The van der Waals surface area contributed by atoms with E-state index in [1.165, 1.54) is 0 Å². The Balaban J connectivity index is 1.57. The van der Waals surface area contributed by atoms with Crippen LogP contribution in [0.15, 0.2) is 29.2 Å². The van der Waals surface area contributed by atoms with Gasteiger partial charge in [-0.1, -0.05) is 19.9 Å². The Bertz CT molecular complexity index is 869. The van der Waals surface area contributed by atoms with Crippen LogP contribution in [0.2, 0.25) is 0 Å². The van der Waals surface area contributed by atoms with Crippen molar-refractivity contribution >= 4 is 27.7 Å². The summed E-state index contributed by atoms with van der Waals surface area (Å²) in [6, 6.07) is 6.82. The zero-order valence-corrected chi connectivity index (χ0v) is 20.2. The second-order valence-corrected chi connectivity index (χ2v) is 12.5. The molecule has 0 aliphatic carbocycles. The minimum Gasteiger partial charge on any atom is -0.376 e. The molecule has 3 aliphatic heterocycles. The monoisotopic (exact) mass is 466 g/mol. The molecule has 4 rings (SSSR count). The van der Waals surface area contributed by atoms with Crippen molar-refractivity contribution in [1.82, 2.24) is 9.21 Å². The highest BCUT2D eigenvalue weighted by molar-refractivity contribution is 7.99. The number of carbonyl (C=O) groups is 1. The molecule has 1 amide bonds. The van der Waals surface area contributed by atoms with Crippen LogP contribution in [0.4, 0.5) is 0 Å². The number of benzene rings is 1. The van der Waals surface area contributed by atoms with Crippen LogP contribution >= 0.6 is 11.8 Å². The number of amides is 1. The SMILES string of the molecule is CC1CC(C)CN(S(=O)(=O)c2cccc(C(=O)N(CC3CCCO3)C3CCSC3)c2)C1. The first-order valence-electron chi connectivity index (χ1n) is 11.4. The highest BCUT2D eigenvalue weighted by Crippen LogP contribution is 2.29. The fraction of sp³-hybridized carbons (Fsp3) is 0.696. The summed E-state index contributed by atoms with van der Waals surface area (Å²) in [6.45, 7) is 6.61. The van der Waals surface area contributed by atoms with E-state index in [1.54, 1.807) is 28.6 Å². The van der Waals surface area contributed by atoms with Gasteiger partial charge < -0.3 is 9.64 Å². The maximum atomic E-state index is 13.5. The van der Waals surface area contributed by atoms with Gasteiger partial charge in [0.1, 0.15) is 0 Å². The van der Waals surface area contributed by atoms with E-state index in [4.69, 9.17) is 4.74 Å². The van der Waals surface area contributed by atoms with Gasteiger partial charge in [-0.2, -0.15) is 16.1 Å². The summed E-state index contributed by atoms with van der Waals surface area (Å²) in [5, 5.41) is 0. The molecule has 3 aliphatic rings. The molecule has 6 nitrogen and oxygen atoms in total. The Morgan fingerprint density at radius 1 is 1.23 bits per heavy atom. The fourth-order valence-electron chi connectivity index (χ4n) is 5.08. The van der Waals surface area contributed by atoms with Crippen LogP contribution in [-0.4, -0.2) is 73.4 Å². The predicted molar refractivity (Wildman–Crippen MR) is 124 cm³/mol. The summed E-state index contributed by atoms with van der Waals surface area (Å²) in [5.41, 5.74) is 0.453. The molecule has 0 spiro atoms. The first-order chi connectivity index (χ1) is 14.8. The van der Waals surface area contributed by atoms with Crippen LogP contribution in [0.1, 0.15) is 49.9 Å². The van der Waals surface area contributed by atoms with E-state index in [9.17, 15) is 13.2 Å². The first kappa shape index (κ1) is 23.1. The molecule has 0 radical (unpaired) electrons. The lowest BCUT2D eigenvalue weighted by Crippen LogP contribution is -2.45. The van der Waals surface area contributed by atoms with Crippen molar-refractivity contribution < 1.29 is 17.9 Å². The molecule has 3 heterocycles. The Labute approximate surface area is 190 Å². The van der Waals surface area contributed by atoms with Gasteiger partial charge in [-0.15, -0.1) is 0 Å². The van der Waals surface area contributed by atoms with Gasteiger partial charge >= 0.3 is 0 Å². The molecule has 0 aromatic heterocycles. The van der Waals surface area contributed by atoms with Gasteiger partial charge in [-0.3, -0.25) is 4.79 Å². The lowest BCUT2D eigenvalue weighted by molar-refractivity contribution is 0.0441. The van der Waals surface area contributed by atoms with Crippen LogP contribution in [0.25, 0.3) is 0 Å². The molecular weight excluding hydrogens is 432 g/mol. The molecule has 1 aromatic rings. The molecule has 4 unspecified atom stereocenters. The summed E-state index contributed by atoms with van der Waals surface area (Å²) >= 11 is 1.87. The molecule has 4 atom stereocenters. The maximum absolute atomic E-state index is 13.5. The van der Waals surface area contributed by atoms with Crippen LogP contribution in [0, 0.1) is 11.8 Å². The largest absolute Gasteiger partial charge is 0.376 e. The summed E-state index contributed by atoms with van der Waals surface area (Å²) in [6.07, 6.45) is 4.11. The first-order valence-corrected chi connectivity index (χ1v) is 14.0. The third-order valence-corrected chi connectivity index (χ3v) is 9.56. The molecule has 8 heteroatoms. The number of sulfonamides is 1. The van der Waals surface area contributed by atoms with Crippen molar-refractivity contribution in [3.63, 3.8) is 0 Å². The van der Waals surface area contributed by atoms with Gasteiger partial charge in [-0.05, 0) is 61.5 Å². The topological polar surface area (TPSA) is 66.9 Å². The van der Waals surface area contributed by atoms with Crippen molar-refractivity contribution in [3.8, 4) is 0 Å². The van der Waals surface area contributed by atoms with Crippen LogP contribution in [0.3, 0.4) is 0 Å². The minimum atomic E-state index is -3.62. The zero-order chi connectivity index (χ0) is 22.0. The molecule has 3 fully saturated rings. The number of ether oxygens (including phenoxy) is 1. The third kappa shape index (κ3) is 5.29. The number of rotatable bonds is 6. The molecule has 0 saturated carbocycles. The number of thioether (sulfide) groups is 1. The zero-order valence-electron chi connectivity index (χ0n) is 18.5. The second-order valence-electron chi connectivity index (χ2n) is 9.41. The second kappa shape index (κ2) is 9.81.